The third-order valence-corrected chi connectivity index (χ3v) is 6.58. The monoisotopic (exact) mass is 424 g/mol. The molecule has 2 unspecified atom stereocenters. The van der Waals surface area contributed by atoms with E-state index in [1.807, 2.05) is 25.1 Å². The summed E-state index contributed by atoms with van der Waals surface area (Å²) in [5.41, 5.74) is 1.68. The van der Waals surface area contributed by atoms with Gasteiger partial charge in [0.2, 0.25) is 11.8 Å². The summed E-state index contributed by atoms with van der Waals surface area (Å²) in [6.45, 7) is 3.46. The number of aromatic nitrogens is 2. The number of methoxy groups -OCH3 is 1. The van der Waals surface area contributed by atoms with Crippen molar-refractivity contribution in [3.05, 3.63) is 36.2 Å². The third kappa shape index (κ3) is 4.09. The number of morpholine rings is 1. The van der Waals surface area contributed by atoms with Gasteiger partial charge < -0.3 is 24.4 Å². The van der Waals surface area contributed by atoms with Crippen LogP contribution in [0.2, 0.25) is 0 Å². The van der Waals surface area contributed by atoms with E-state index in [4.69, 9.17) is 14.2 Å². The first-order valence-electron chi connectivity index (χ1n) is 10.9. The Hall–Kier alpha value is -2.71. The summed E-state index contributed by atoms with van der Waals surface area (Å²) in [5.74, 6) is 2.08. The van der Waals surface area contributed by atoms with Gasteiger partial charge in [-0.1, -0.05) is 0 Å². The Labute approximate surface area is 181 Å². The maximum absolute atomic E-state index is 12.3. The molecule has 8 nitrogen and oxygen atoms in total. The second-order valence-corrected chi connectivity index (χ2v) is 8.64. The van der Waals surface area contributed by atoms with Gasteiger partial charge in [-0.2, -0.15) is 0 Å². The molecular formula is C23H28N4O4. The zero-order valence-corrected chi connectivity index (χ0v) is 17.9. The minimum absolute atomic E-state index is 0.0247. The van der Waals surface area contributed by atoms with Crippen LogP contribution in [0, 0.1) is 12.8 Å². The van der Waals surface area contributed by atoms with Crippen LogP contribution >= 0.6 is 0 Å². The van der Waals surface area contributed by atoms with Crippen molar-refractivity contribution in [1.82, 2.24) is 9.97 Å². The molecule has 2 bridgehead atoms. The molecule has 3 fully saturated rings. The Morgan fingerprint density at radius 3 is 2.58 bits per heavy atom. The molecule has 3 aliphatic rings. The molecule has 1 aromatic carbocycles. The second kappa shape index (κ2) is 8.43. The molecule has 1 N–H and O–H groups in total. The highest BCUT2D eigenvalue weighted by molar-refractivity contribution is 5.93. The van der Waals surface area contributed by atoms with Crippen LogP contribution in [0.25, 0.3) is 0 Å². The van der Waals surface area contributed by atoms with Crippen LogP contribution in [-0.4, -0.2) is 54.4 Å². The van der Waals surface area contributed by atoms with Gasteiger partial charge in [0.15, 0.2) is 0 Å². The van der Waals surface area contributed by atoms with Gasteiger partial charge >= 0.3 is 0 Å². The molecule has 2 atom stereocenters. The van der Waals surface area contributed by atoms with E-state index in [-0.39, 0.29) is 17.9 Å². The van der Waals surface area contributed by atoms with Crippen LogP contribution < -0.4 is 15.0 Å². The van der Waals surface area contributed by atoms with Crippen LogP contribution in [0.1, 0.15) is 31.2 Å². The summed E-state index contributed by atoms with van der Waals surface area (Å²) < 4.78 is 16.8. The molecule has 1 aromatic heterocycles. The lowest BCUT2D eigenvalue weighted by Crippen LogP contribution is -2.46. The molecule has 1 amide bonds. The number of nitrogens with one attached hydrogen (secondary N) is 1. The molecule has 31 heavy (non-hydrogen) atoms. The van der Waals surface area contributed by atoms with Crippen molar-refractivity contribution in [3.8, 4) is 11.6 Å². The quantitative estimate of drug-likeness (QED) is 0.761. The fourth-order valence-corrected chi connectivity index (χ4v) is 4.67. The van der Waals surface area contributed by atoms with Gasteiger partial charge in [0.25, 0.3) is 0 Å². The zero-order chi connectivity index (χ0) is 21.4. The Bertz CT molecular complexity index is 929. The van der Waals surface area contributed by atoms with Crippen LogP contribution in [-0.2, 0) is 14.3 Å². The molecule has 0 spiro atoms. The maximum Gasteiger partial charge on any atom is 0.237 e. The number of benzene rings is 1. The SMILES string of the molecule is COC1CC(C(=O)Nc2ccc(Oc3cnc(N4C5CCC4COC5)cn3)c(C)c2)C1. The van der Waals surface area contributed by atoms with Gasteiger partial charge in [0.1, 0.15) is 11.6 Å². The number of ether oxygens (including phenoxy) is 3. The molecular weight excluding hydrogens is 396 g/mol. The lowest BCUT2D eigenvalue weighted by atomic mass is 9.81. The van der Waals surface area contributed by atoms with Gasteiger partial charge in [-0.25, -0.2) is 9.97 Å². The van der Waals surface area contributed by atoms with Crippen LogP contribution in [0.5, 0.6) is 11.6 Å². The van der Waals surface area contributed by atoms with Gasteiger partial charge in [-0.3, -0.25) is 4.79 Å². The number of fused-ring (bicyclic) bond motifs is 2. The molecule has 0 radical (unpaired) electrons. The van der Waals surface area contributed by atoms with Crippen molar-refractivity contribution in [3.63, 3.8) is 0 Å². The lowest BCUT2D eigenvalue weighted by molar-refractivity contribution is -0.127. The van der Waals surface area contributed by atoms with E-state index < -0.39 is 0 Å². The maximum atomic E-state index is 12.3. The topological polar surface area (TPSA) is 85.8 Å². The lowest BCUT2D eigenvalue weighted by Gasteiger charge is -2.35. The Morgan fingerprint density at radius 1 is 1.16 bits per heavy atom. The van der Waals surface area contributed by atoms with E-state index in [2.05, 4.69) is 20.2 Å². The minimum atomic E-state index is 0.0247. The molecule has 164 valence electrons. The summed E-state index contributed by atoms with van der Waals surface area (Å²) in [6, 6.07) is 6.39. The highest BCUT2D eigenvalue weighted by Gasteiger charge is 2.38. The molecule has 2 saturated heterocycles. The predicted molar refractivity (Wildman–Crippen MR) is 116 cm³/mol. The first-order valence-corrected chi connectivity index (χ1v) is 10.9. The Morgan fingerprint density at radius 2 is 1.94 bits per heavy atom. The molecule has 2 aliphatic heterocycles. The van der Waals surface area contributed by atoms with E-state index >= 15 is 0 Å². The third-order valence-electron chi connectivity index (χ3n) is 6.58. The van der Waals surface area contributed by atoms with Crippen molar-refractivity contribution in [2.75, 3.05) is 30.5 Å². The summed E-state index contributed by atoms with van der Waals surface area (Å²) >= 11 is 0. The van der Waals surface area contributed by atoms with Gasteiger partial charge in [-0.05, 0) is 56.4 Å². The minimum Gasteiger partial charge on any atom is -0.437 e. The summed E-state index contributed by atoms with van der Waals surface area (Å²) in [5, 5.41) is 2.98. The largest absolute Gasteiger partial charge is 0.437 e. The smallest absolute Gasteiger partial charge is 0.237 e. The normalized spacial score (nSPS) is 27.0. The zero-order valence-electron chi connectivity index (χ0n) is 17.9. The fourth-order valence-electron chi connectivity index (χ4n) is 4.67. The summed E-state index contributed by atoms with van der Waals surface area (Å²) in [4.78, 5) is 23.7. The number of anilines is 2. The van der Waals surface area contributed by atoms with Crippen molar-refractivity contribution in [2.45, 2.75) is 50.8 Å². The highest BCUT2D eigenvalue weighted by atomic mass is 16.5. The van der Waals surface area contributed by atoms with E-state index in [1.54, 1.807) is 19.5 Å². The van der Waals surface area contributed by atoms with Crippen molar-refractivity contribution >= 4 is 17.4 Å². The molecule has 5 rings (SSSR count). The highest BCUT2D eigenvalue weighted by Crippen LogP contribution is 2.34. The van der Waals surface area contributed by atoms with Crippen molar-refractivity contribution < 1.29 is 19.0 Å². The van der Waals surface area contributed by atoms with E-state index in [0.717, 1.165) is 56.0 Å². The van der Waals surface area contributed by atoms with Crippen molar-refractivity contribution in [1.29, 1.82) is 0 Å². The van der Waals surface area contributed by atoms with E-state index in [0.29, 0.717) is 23.7 Å². The van der Waals surface area contributed by atoms with Gasteiger partial charge in [0, 0.05) is 18.7 Å². The first-order chi connectivity index (χ1) is 15.1. The number of carbonyl (C=O) groups excluding carboxylic acids is 1. The summed E-state index contributed by atoms with van der Waals surface area (Å²) in [6.07, 6.45) is 7.50. The number of hydrogen-bond acceptors (Lipinski definition) is 7. The number of hydrogen-bond donors (Lipinski definition) is 1. The average Bonchev–Trinajstić information content (AvgIpc) is 2.98. The van der Waals surface area contributed by atoms with Crippen molar-refractivity contribution in [2.24, 2.45) is 5.92 Å². The van der Waals surface area contributed by atoms with Gasteiger partial charge in [-0.15, -0.1) is 0 Å². The van der Waals surface area contributed by atoms with Gasteiger partial charge in [0.05, 0.1) is 43.8 Å². The van der Waals surface area contributed by atoms with E-state index in [1.165, 1.54) is 0 Å². The fraction of sp³-hybridized carbons (Fsp3) is 0.522. The summed E-state index contributed by atoms with van der Waals surface area (Å²) in [7, 11) is 1.69. The van der Waals surface area contributed by atoms with Crippen LogP contribution in [0.15, 0.2) is 30.6 Å². The number of carbonyl (C=O) groups is 1. The average molecular weight is 425 g/mol. The van der Waals surface area contributed by atoms with E-state index in [9.17, 15) is 4.79 Å². The second-order valence-electron chi connectivity index (χ2n) is 8.64. The Kier molecular flexibility index (Phi) is 5.50. The number of rotatable bonds is 6. The predicted octanol–water partition coefficient (Wildman–Crippen LogP) is 3.31. The standard InChI is InChI=1S/C23H28N4O4/c1-14-7-16(26-23(28)15-8-19(9-15)29-2)3-6-20(14)31-22-11-24-21(10-25-22)27-17-4-5-18(27)13-30-12-17/h3,6-7,10-11,15,17-19H,4-5,8-9,12-13H2,1-2H3,(H,26,28). The molecule has 2 aromatic rings. The number of aryl methyl sites for hydroxylation is 1. The molecule has 1 saturated carbocycles. The molecule has 3 heterocycles. The molecule has 1 aliphatic carbocycles. The first kappa shape index (κ1) is 20.2. The van der Waals surface area contributed by atoms with Crippen LogP contribution in [0.4, 0.5) is 11.5 Å². The molecule has 8 heteroatoms. The number of amides is 1. The van der Waals surface area contributed by atoms with Crippen LogP contribution in [0.3, 0.4) is 0 Å². The Balaban J connectivity index is 1.21. The number of nitrogens with zero attached hydrogens (tertiary/aromatic N) is 3.